The minimum Gasteiger partial charge on any atom is -0.454 e. The quantitative estimate of drug-likeness (QED) is 0.858. The van der Waals surface area contributed by atoms with Gasteiger partial charge < -0.3 is 15.2 Å². The van der Waals surface area contributed by atoms with Crippen LogP contribution in [-0.2, 0) is 0 Å². The summed E-state index contributed by atoms with van der Waals surface area (Å²) in [5, 5.41) is 4.50. The van der Waals surface area contributed by atoms with Crippen molar-refractivity contribution in [2.75, 3.05) is 13.1 Å². The molecule has 3 N–H and O–H groups in total. The number of benzene rings is 1. The molecule has 0 saturated carbocycles. The molecule has 1 atom stereocenters. The normalized spacial score (nSPS) is 24.4. The fourth-order valence-corrected chi connectivity index (χ4v) is 3.87. The van der Waals surface area contributed by atoms with Crippen LogP contribution in [0.4, 0.5) is 0 Å². The Labute approximate surface area is 163 Å². The Morgan fingerprint density at radius 3 is 2.70 bits per heavy atom. The van der Waals surface area contributed by atoms with E-state index in [2.05, 4.69) is 17.2 Å². The van der Waals surface area contributed by atoms with E-state index in [1.54, 1.807) is 0 Å². The summed E-state index contributed by atoms with van der Waals surface area (Å²) >= 11 is 0. The highest BCUT2D eigenvalue weighted by atomic mass is 35.5. The minimum absolute atomic E-state index is 0. The summed E-state index contributed by atoms with van der Waals surface area (Å²) in [6, 6.07) is 10.0. The van der Waals surface area contributed by atoms with Gasteiger partial charge in [-0.3, -0.25) is 9.98 Å². The Bertz CT molecular complexity index is 936. The zero-order chi connectivity index (χ0) is 16.9. The van der Waals surface area contributed by atoms with Crippen molar-refractivity contribution in [2.45, 2.75) is 25.4 Å². The Balaban J connectivity index is 0.00000105. The topological polar surface area (TPSA) is 93.8 Å². The van der Waals surface area contributed by atoms with E-state index in [0.29, 0.717) is 5.92 Å². The average molecular weight is 387 g/mol. The van der Waals surface area contributed by atoms with Gasteiger partial charge in [0.2, 0.25) is 0 Å². The Morgan fingerprint density at radius 2 is 1.93 bits per heavy atom. The number of fused-ring (bicyclic) bond motifs is 2. The summed E-state index contributed by atoms with van der Waals surface area (Å²) in [6.45, 7) is 4.22. The largest absolute Gasteiger partial charge is 0.454 e. The number of hydrogen-bond acceptors (Lipinski definition) is 5. The second-order valence-electron chi connectivity index (χ2n) is 7.05. The van der Waals surface area contributed by atoms with Crippen LogP contribution in [0.2, 0.25) is 0 Å². The van der Waals surface area contributed by atoms with Crippen LogP contribution in [0.1, 0.15) is 25.5 Å². The molecule has 5 rings (SSSR count). The molecule has 1 fully saturated rings. The number of halogens is 1. The van der Waals surface area contributed by atoms with E-state index in [0.717, 1.165) is 59.8 Å². The summed E-state index contributed by atoms with van der Waals surface area (Å²) in [4.78, 5) is 14.4. The van der Waals surface area contributed by atoms with Crippen LogP contribution in [0, 0.1) is 5.92 Å². The Kier molecular flexibility index (Phi) is 5.33. The summed E-state index contributed by atoms with van der Waals surface area (Å²) in [5.41, 5.74) is 3.08. The summed E-state index contributed by atoms with van der Waals surface area (Å²) < 4.78 is 5.94. The van der Waals surface area contributed by atoms with Gasteiger partial charge in [0.1, 0.15) is 17.0 Å². The van der Waals surface area contributed by atoms with Crippen molar-refractivity contribution < 1.29 is 9.89 Å². The van der Waals surface area contributed by atoms with Gasteiger partial charge in [0.15, 0.2) is 11.4 Å². The van der Waals surface area contributed by atoms with Crippen molar-refractivity contribution >= 4 is 46.7 Å². The maximum absolute atomic E-state index is 5.94. The molecule has 0 aliphatic carbocycles. The standard InChI is InChI=1S/C20H20N4O.ClH.H2O/c1-20(14-6-8-21-9-7-14)22-12-17-15(24-20)11-16(23-17)19-10-13-4-2-3-5-18(13)25-19;;/h2-5,10-12,14,21H,6-9H2,1H3;1H;1H2. The number of para-hydroxylation sites is 1. The lowest BCUT2D eigenvalue weighted by Gasteiger charge is -2.35. The Hall–Kier alpha value is -2.28. The van der Waals surface area contributed by atoms with Crippen molar-refractivity contribution in [1.29, 1.82) is 0 Å². The van der Waals surface area contributed by atoms with Crippen molar-refractivity contribution in [3.63, 3.8) is 0 Å². The smallest absolute Gasteiger partial charge is 0.153 e. The number of rotatable bonds is 2. The first-order chi connectivity index (χ1) is 12.2. The van der Waals surface area contributed by atoms with Crippen LogP contribution >= 0.6 is 12.4 Å². The predicted molar refractivity (Wildman–Crippen MR) is 112 cm³/mol. The van der Waals surface area contributed by atoms with Crippen molar-refractivity contribution in [3.8, 4) is 0 Å². The highest BCUT2D eigenvalue weighted by Gasteiger charge is 2.37. The number of furan rings is 1. The van der Waals surface area contributed by atoms with Crippen LogP contribution in [0.15, 0.2) is 55.8 Å². The molecule has 1 aromatic carbocycles. The highest BCUT2D eigenvalue weighted by molar-refractivity contribution is 6.68. The number of nitrogens with one attached hydrogen (secondary N) is 1. The van der Waals surface area contributed by atoms with Gasteiger partial charge in [-0.1, -0.05) is 18.2 Å². The lowest BCUT2D eigenvalue weighted by atomic mass is 9.85. The fraction of sp³-hybridized carbons (Fsp3) is 0.350. The molecule has 3 aliphatic rings. The number of aliphatic imine (C=N–C) groups is 3. The lowest BCUT2D eigenvalue weighted by Crippen LogP contribution is -2.42. The molecule has 3 aliphatic heterocycles. The molecule has 1 aromatic heterocycles. The monoisotopic (exact) mass is 386 g/mol. The van der Waals surface area contributed by atoms with E-state index < -0.39 is 0 Å². The van der Waals surface area contributed by atoms with Gasteiger partial charge in [-0.2, -0.15) is 0 Å². The molecular weight excluding hydrogens is 364 g/mol. The van der Waals surface area contributed by atoms with Crippen molar-refractivity contribution in [2.24, 2.45) is 20.9 Å². The molecule has 6 nitrogen and oxygen atoms in total. The molecule has 0 bridgehead atoms. The predicted octanol–water partition coefficient (Wildman–Crippen LogP) is 3.07. The molecule has 0 radical (unpaired) electrons. The lowest BCUT2D eigenvalue weighted by molar-refractivity contribution is 0.244. The molecule has 1 unspecified atom stereocenters. The fourth-order valence-electron chi connectivity index (χ4n) is 3.87. The van der Waals surface area contributed by atoms with Crippen LogP contribution in [-0.4, -0.2) is 41.9 Å². The highest BCUT2D eigenvalue weighted by Crippen LogP contribution is 2.35. The zero-order valence-corrected chi connectivity index (χ0v) is 15.9. The molecule has 7 heteroatoms. The van der Waals surface area contributed by atoms with Crippen LogP contribution in [0.3, 0.4) is 0 Å². The van der Waals surface area contributed by atoms with Gasteiger partial charge in [0.05, 0.1) is 11.9 Å². The second-order valence-corrected chi connectivity index (χ2v) is 7.05. The first-order valence-electron chi connectivity index (χ1n) is 8.87. The molecule has 142 valence electrons. The molecule has 27 heavy (non-hydrogen) atoms. The third-order valence-electron chi connectivity index (χ3n) is 5.36. The molecule has 1 saturated heterocycles. The van der Waals surface area contributed by atoms with E-state index in [-0.39, 0.29) is 23.5 Å². The summed E-state index contributed by atoms with van der Waals surface area (Å²) in [7, 11) is 0. The van der Waals surface area contributed by atoms with Crippen LogP contribution in [0.25, 0.3) is 16.7 Å². The van der Waals surface area contributed by atoms with E-state index in [1.807, 2.05) is 42.6 Å². The van der Waals surface area contributed by atoms with Crippen LogP contribution in [0.5, 0.6) is 0 Å². The first-order valence-corrected chi connectivity index (χ1v) is 8.87. The van der Waals surface area contributed by atoms with E-state index in [4.69, 9.17) is 14.4 Å². The SMILES string of the molecule is CC1(C2CCNCC2)N=CC2=NC(c3cc4ccccc4o3)=CC2=N1.Cl.O. The molecule has 0 spiro atoms. The molecule has 2 aromatic rings. The van der Waals surface area contributed by atoms with E-state index in [1.165, 1.54) is 0 Å². The zero-order valence-electron chi connectivity index (χ0n) is 15.1. The van der Waals surface area contributed by atoms with Gasteiger partial charge in [0, 0.05) is 11.3 Å². The molecule has 0 amide bonds. The molecule has 4 heterocycles. The van der Waals surface area contributed by atoms with Gasteiger partial charge in [-0.15, -0.1) is 12.4 Å². The number of allylic oxidation sites excluding steroid dienone is 1. The van der Waals surface area contributed by atoms with Crippen molar-refractivity contribution in [3.05, 3.63) is 42.2 Å². The molecular formula is C20H23ClN4O2. The second kappa shape index (κ2) is 7.38. The number of hydrogen-bond donors (Lipinski definition) is 1. The minimum atomic E-state index is -0.379. The van der Waals surface area contributed by atoms with Gasteiger partial charge >= 0.3 is 0 Å². The van der Waals surface area contributed by atoms with Crippen LogP contribution < -0.4 is 5.32 Å². The summed E-state index contributed by atoms with van der Waals surface area (Å²) in [6.07, 6.45) is 6.13. The van der Waals surface area contributed by atoms with E-state index in [9.17, 15) is 0 Å². The third kappa shape index (κ3) is 3.36. The first kappa shape index (κ1) is 19.5. The van der Waals surface area contributed by atoms with Gasteiger partial charge in [0.25, 0.3) is 0 Å². The average Bonchev–Trinajstić information content (AvgIpc) is 3.25. The number of piperidine rings is 1. The third-order valence-corrected chi connectivity index (χ3v) is 5.36. The number of nitrogens with zero attached hydrogens (tertiary/aromatic N) is 3. The maximum atomic E-state index is 5.94. The summed E-state index contributed by atoms with van der Waals surface area (Å²) in [5.74, 6) is 1.26. The van der Waals surface area contributed by atoms with Gasteiger partial charge in [-0.05, 0) is 51.1 Å². The van der Waals surface area contributed by atoms with Gasteiger partial charge in [-0.25, -0.2) is 4.99 Å². The van der Waals surface area contributed by atoms with Crippen molar-refractivity contribution in [1.82, 2.24) is 5.32 Å². The maximum Gasteiger partial charge on any atom is 0.153 e. The Morgan fingerprint density at radius 1 is 1.15 bits per heavy atom. The van der Waals surface area contributed by atoms with E-state index >= 15 is 0 Å².